The molecule has 0 aromatic carbocycles. The number of aromatic nitrogens is 1. The average molecular weight is 235 g/mol. The molecule has 0 saturated heterocycles. The summed E-state index contributed by atoms with van der Waals surface area (Å²) in [7, 11) is 1.64. The van der Waals surface area contributed by atoms with Crippen LogP contribution in [0.5, 0.6) is 5.88 Å². The van der Waals surface area contributed by atoms with E-state index in [4.69, 9.17) is 10.5 Å². The van der Waals surface area contributed by atoms with E-state index >= 15 is 0 Å². The van der Waals surface area contributed by atoms with Crippen LogP contribution in [0, 0.1) is 0 Å². The monoisotopic (exact) mass is 235 g/mol. The second kappa shape index (κ2) is 5.98. The molecule has 1 aromatic rings. The van der Waals surface area contributed by atoms with Crippen molar-refractivity contribution in [3.05, 3.63) is 23.9 Å². The van der Waals surface area contributed by atoms with E-state index in [1.54, 1.807) is 7.11 Å². The minimum absolute atomic E-state index is 0.406. The molecule has 2 rings (SSSR count). The van der Waals surface area contributed by atoms with Crippen molar-refractivity contribution in [3.63, 3.8) is 0 Å². The number of hydrogen-bond donors (Lipinski definition) is 2. The molecule has 17 heavy (non-hydrogen) atoms. The van der Waals surface area contributed by atoms with Gasteiger partial charge in [-0.15, -0.1) is 0 Å². The molecule has 0 unspecified atom stereocenters. The largest absolute Gasteiger partial charge is 0.481 e. The molecular formula is C13H21N3O. The predicted octanol–water partition coefficient (Wildman–Crippen LogP) is 1.45. The van der Waals surface area contributed by atoms with Crippen LogP contribution < -0.4 is 15.8 Å². The Bertz CT molecular complexity index is 348. The number of nitrogens with one attached hydrogen (secondary N) is 1. The first-order chi connectivity index (χ1) is 8.28. The molecule has 94 valence electrons. The first-order valence-electron chi connectivity index (χ1n) is 6.27. The van der Waals surface area contributed by atoms with Gasteiger partial charge in [0.2, 0.25) is 5.88 Å². The van der Waals surface area contributed by atoms with E-state index in [-0.39, 0.29) is 0 Å². The number of rotatable bonds is 4. The molecule has 1 aliphatic rings. The standard InChI is InChI=1S/C13H21N3O/c1-17-13-4-2-3-12(16-13)9-15-11-7-5-10(14)6-8-11/h2-4,10-11,15H,5-9,14H2,1H3. The van der Waals surface area contributed by atoms with Gasteiger partial charge in [-0.05, 0) is 31.7 Å². The molecule has 1 saturated carbocycles. The maximum absolute atomic E-state index is 5.89. The lowest BCUT2D eigenvalue weighted by atomic mass is 9.92. The summed E-state index contributed by atoms with van der Waals surface area (Å²) in [5.74, 6) is 0.676. The smallest absolute Gasteiger partial charge is 0.213 e. The van der Waals surface area contributed by atoms with E-state index in [2.05, 4.69) is 10.3 Å². The molecule has 0 radical (unpaired) electrons. The molecule has 1 heterocycles. The fourth-order valence-corrected chi connectivity index (χ4v) is 2.24. The van der Waals surface area contributed by atoms with Gasteiger partial charge < -0.3 is 15.8 Å². The van der Waals surface area contributed by atoms with E-state index in [1.165, 1.54) is 12.8 Å². The first kappa shape index (κ1) is 12.3. The topological polar surface area (TPSA) is 60.2 Å². The van der Waals surface area contributed by atoms with E-state index in [0.29, 0.717) is 18.0 Å². The first-order valence-corrected chi connectivity index (χ1v) is 6.27. The lowest BCUT2D eigenvalue weighted by molar-refractivity contribution is 0.339. The van der Waals surface area contributed by atoms with E-state index < -0.39 is 0 Å². The van der Waals surface area contributed by atoms with Gasteiger partial charge >= 0.3 is 0 Å². The number of methoxy groups -OCH3 is 1. The molecular weight excluding hydrogens is 214 g/mol. The molecule has 0 spiro atoms. The summed E-state index contributed by atoms with van der Waals surface area (Å²) < 4.78 is 5.11. The van der Waals surface area contributed by atoms with Gasteiger partial charge in [0, 0.05) is 24.7 Å². The van der Waals surface area contributed by atoms with Crippen molar-refractivity contribution >= 4 is 0 Å². The minimum Gasteiger partial charge on any atom is -0.481 e. The highest BCUT2D eigenvalue weighted by atomic mass is 16.5. The lowest BCUT2D eigenvalue weighted by Gasteiger charge is -2.26. The normalized spacial score (nSPS) is 24.6. The van der Waals surface area contributed by atoms with Crippen LogP contribution in [0.25, 0.3) is 0 Å². The Kier molecular flexibility index (Phi) is 4.34. The Morgan fingerprint density at radius 1 is 1.35 bits per heavy atom. The van der Waals surface area contributed by atoms with E-state index in [9.17, 15) is 0 Å². The SMILES string of the molecule is COc1cccc(CNC2CCC(N)CC2)n1. The zero-order valence-corrected chi connectivity index (χ0v) is 10.4. The van der Waals surface area contributed by atoms with Gasteiger partial charge in [0.1, 0.15) is 0 Å². The highest BCUT2D eigenvalue weighted by molar-refractivity contribution is 5.15. The van der Waals surface area contributed by atoms with Crippen molar-refractivity contribution in [2.75, 3.05) is 7.11 Å². The predicted molar refractivity (Wildman–Crippen MR) is 67.9 cm³/mol. The van der Waals surface area contributed by atoms with Crippen molar-refractivity contribution in [1.82, 2.24) is 10.3 Å². The van der Waals surface area contributed by atoms with Crippen LogP contribution in [0.3, 0.4) is 0 Å². The van der Waals surface area contributed by atoms with Gasteiger partial charge in [-0.25, -0.2) is 4.98 Å². The summed E-state index contributed by atoms with van der Waals surface area (Å²) >= 11 is 0. The van der Waals surface area contributed by atoms with Crippen LogP contribution in [0.2, 0.25) is 0 Å². The van der Waals surface area contributed by atoms with Gasteiger partial charge in [0.15, 0.2) is 0 Å². The third-order valence-electron chi connectivity index (χ3n) is 3.33. The number of nitrogens with zero attached hydrogens (tertiary/aromatic N) is 1. The van der Waals surface area contributed by atoms with Crippen molar-refractivity contribution in [1.29, 1.82) is 0 Å². The second-order valence-corrected chi connectivity index (χ2v) is 4.66. The summed E-state index contributed by atoms with van der Waals surface area (Å²) in [5, 5.41) is 3.54. The molecule has 4 heteroatoms. The second-order valence-electron chi connectivity index (χ2n) is 4.66. The molecule has 0 bridgehead atoms. The highest BCUT2D eigenvalue weighted by Crippen LogP contribution is 2.17. The molecule has 0 aliphatic heterocycles. The summed E-state index contributed by atoms with van der Waals surface area (Å²) in [6.07, 6.45) is 4.60. The van der Waals surface area contributed by atoms with Crippen LogP contribution in [0.4, 0.5) is 0 Å². The van der Waals surface area contributed by atoms with Gasteiger partial charge in [-0.1, -0.05) is 6.07 Å². The zero-order chi connectivity index (χ0) is 12.1. The highest BCUT2D eigenvalue weighted by Gasteiger charge is 2.17. The maximum Gasteiger partial charge on any atom is 0.213 e. The zero-order valence-electron chi connectivity index (χ0n) is 10.4. The maximum atomic E-state index is 5.89. The van der Waals surface area contributed by atoms with Crippen molar-refractivity contribution in [2.24, 2.45) is 5.73 Å². The van der Waals surface area contributed by atoms with Crippen molar-refractivity contribution < 1.29 is 4.74 Å². The van der Waals surface area contributed by atoms with Crippen molar-refractivity contribution in [2.45, 2.75) is 44.3 Å². The molecule has 1 aliphatic carbocycles. The Balaban J connectivity index is 1.81. The van der Waals surface area contributed by atoms with Crippen molar-refractivity contribution in [3.8, 4) is 5.88 Å². The number of nitrogens with two attached hydrogens (primary N) is 1. The quantitative estimate of drug-likeness (QED) is 0.829. The van der Waals surface area contributed by atoms with Crippen LogP contribution in [-0.2, 0) is 6.54 Å². The minimum atomic E-state index is 0.406. The Morgan fingerprint density at radius 2 is 2.12 bits per heavy atom. The van der Waals surface area contributed by atoms with E-state index in [1.807, 2.05) is 18.2 Å². The van der Waals surface area contributed by atoms with Crippen LogP contribution >= 0.6 is 0 Å². The molecule has 3 N–H and O–H groups in total. The number of hydrogen-bond acceptors (Lipinski definition) is 4. The van der Waals surface area contributed by atoms with Gasteiger partial charge in [-0.2, -0.15) is 0 Å². The summed E-state index contributed by atoms with van der Waals surface area (Å²) in [6, 6.07) is 6.85. The summed E-state index contributed by atoms with van der Waals surface area (Å²) in [6.45, 7) is 0.803. The number of pyridine rings is 1. The molecule has 0 amide bonds. The lowest BCUT2D eigenvalue weighted by Crippen LogP contribution is -2.37. The van der Waals surface area contributed by atoms with Crippen LogP contribution in [0.15, 0.2) is 18.2 Å². The van der Waals surface area contributed by atoms with Gasteiger partial charge in [-0.3, -0.25) is 0 Å². The number of ether oxygens (including phenoxy) is 1. The molecule has 4 nitrogen and oxygen atoms in total. The fraction of sp³-hybridized carbons (Fsp3) is 0.615. The summed E-state index contributed by atoms with van der Waals surface area (Å²) in [4.78, 5) is 4.38. The van der Waals surface area contributed by atoms with Crippen LogP contribution in [0.1, 0.15) is 31.4 Å². The van der Waals surface area contributed by atoms with E-state index in [0.717, 1.165) is 25.1 Å². The fourth-order valence-electron chi connectivity index (χ4n) is 2.24. The molecule has 0 atom stereocenters. The average Bonchev–Trinajstić information content (AvgIpc) is 2.38. The van der Waals surface area contributed by atoms with Gasteiger partial charge in [0.25, 0.3) is 0 Å². The summed E-state index contributed by atoms with van der Waals surface area (Å²) in [5.41, 5.74) is 6.91. The Hall–Kier alpha value is -1.13. The van der Waals surface area contributed by atoms with Gasteiger partial charge in [0.05, 0.1) is 12.8 Å². The van der Waals surface area contributed by atoms with Crippen LogP contribution in [-0.4, -0.2) is 24.2 Å². The molecule has 1 fully saturated rings. The Labute approximate surface area is 103 Å². The third kappa shape index (κ3) is 3.68. The molecule has 1 aromatic heterocycles. The Morgan fingerprint density at radius 3 is 2.82 bits per heavy atom. The third-order valence-corrected chi connectivity index (χ3v) is 3.33.